The third kappa shape index (κ3) is 14.8. The van der Waals surface area contributed by atoms with Crippen LogP contribution in [0.5, 0.6) is 0 Å². The molecule has 0 aromatic carbocycles. The van der Waals surface area contributed by atoms with Crippen LogP contribution < -0.4 is 5.32 Å². The van der Waals surface area contributed by atoms with Gasteiger partial charge in [0.2, 0.25) is 5.91 Å². The third-order valence-electron chi connectivity index (χ3n) is 8.45. The molecule has 6 atom stereocenters. The number of ether oxygens (including phenoxy) is 5. The Hall–Kier alpha value is -3.38. The third-order valence-corrected chi connectivity index (χ3v) is 10.7. The number of nitrogens with one attached hydrogen (secondary N) is 1. The molecule has 15 nitrogen and oxygen atoms in total. The van der Waals surface area contributed by atoms with Gasteiger partial charge in [-0.1, -0.05) is 20.8 Å². The Labute approximate surface area is 344 Å². The Bertz CT molecular complexity index is 1690. The largest absolute Gasteiger partial charge is 0.460 e. The number of carbonyl (C=O) groups excluding carboxylic acids is 6. The number of aliphatic hydroxyl groups is 1. The summed E-state index contributed by atoms with van der Waals surface area (Å²) in [6.45, 7) is 12.2. The molecule has 3 rings (SSSR count). The summed E-state index contributed by atoms with van der Waals surface area (Å²) in [5, 5.41) is 16.7. The van der Waals surface area contributed by atoms with E-state index in [0.29, 0.717) is 25.7 Å². The van der Waals surface area contributed by atoms with Gasteiger partial charge in [-0.3, -0.25) is 19.2 Å². The van der Waals surface area contributed by atoms with E-state index in [1.165, 1.54) is 38.5 Å². The number of halogens is 2. The number of carbonyl (C=O) groups is 6. The van der Waals surface area contributed by atoms with E-state index in [-0.39, 0.29) is 46.1 Å². The Balaban J connectivity index is 2.01. The monoisotopic (exact) mass is 863 g/mol. The van der Waals surface area contributed by atoms with E-state index in [1.807, 2.05) is 20.8 Å². The summed E-state index contributed by atoms with van der Waals surface area (Å²) < 4.78 is 27.3. The van der Waals surface area contributed by atoms with Gasteiger partial charge in [0, 0.05) is 24.1 Å². The second kappa shape index (κ2) is 20.9. The van der Waals surface area contributed by atoms with E-state index in [1.54, 1.807) is 6.92 Å². The lowest BCUT2D eigenvalue weighted by molar-refractivity contribution is -0.171. The molecule has 0 unspecified atom stereocenters. The quantitative estimate of drug-likeness (QED) is 0.110. The number of hydrogen-bond donors (Lipinski definition) is 2. The average Bonchev–Trinajstić information content (AvgIpc) is 3.77. The van der Waals surface area contributed by atoms with Gasteiger partial charge in [0.1, 0.15) is 38.8 Å². The predicted octanol–water partition coefficient (Wildman–Crippen LogP) is 6.59. The van der Waals surface area contributed by atoms with Crippen molar-refractivity contribution in [3.05, 3.63) is 32.2 Å². The van der Waals surface area contributed by atoms with Gasteiger partial charge in [-0.05, 0) is 65.7 Å². The highest BCUT2D eigenvalue weighted by Crippen LogP contribution is 2.35. The number of cyclic esters (lactones) is 3. The molecule has 0 aliphatic carbocycles. The van der Waals surface area contributed by atoms with E-state index in [9.17, 15) is 33.9 Å². The van der Waals surface area contributed by atoms with Crippen molar-refractivity contribution >= 4 is 81.6 Å². The molecule has 3 heterocycles. The molecular weight excluding hydrogens is 813 g/mol. The predicted molar refractivity (Wildman–Crippen MR) is 207 cm³/mol. The minimum atomic E-state index is -1.66. The lowest BCUT2D eigenvalue weighted by Gasteiger charge is -2.30. The smallest absolute Gasteiger partial charge is 0.358 e. The van der Waals surface area contributed by atoms with Crippen molar-refractivity contribution < 1.29 is 57.6 Å². The van der Waals surface area contributed by atoms with Gasteiger partial charge in [0.15, 0.2) is 23.6 Å². The zero-order chi connectivity index (χ0) is 42.0. The van der Waals surface area contributed by atoms with Crippen molar-refractivity contribution in [2.24, 2.45) is 11.8 Å². The molecule has 0 saturated heterocycles. The second-order valence-corrected chi connectivity index (χ2v) is 18.4. The number of esters is 5. The van der Waals surface area contributed by atoms with Crippen LogP contribution in [-0.4, -0.2) is 85.6 Å². The van der Waals surface area contributed by atoms with Crippen LogP contribution in [0.15, 0.2) is 10.8 Å². The molecule has 56 heavy (non-hydrogen) atoms. The summed E-state index contributed by atoms with van der Waals surface area (Å²) in [7, 11) is 0. The fraction of sp³-hybridized carbons (Fsp3) is 0.676. The maximum Gasteiger partial charge on any atom is 0.358 e. The lowest BCUT2D eigenvalue weighted by Crippen LogP contribution is -2.47. The van der Waals surface area contributed by atoms with Crippen LogP contribution >= 0.6 is 45.9 Å². The zero-order valence-corrected chi connectivity index (χ0v) is 35.9. The van der Waals surface area contributed by atoms with Gasteiger partial charge in [-0.15, -0.1) is 45.9 Å². The summed E-state index contributed by atoms with van der Waals surface area (Å²) in [6.07, 6.45) is -3.26. The molecule has 2 aromatic heterocycles. The first-order valence-electron chi connectivity index (χ1n) is 18.3. The summed E-state index contributed by atoms with van der Waals surface area (Å²) in [5.41, 5.74) is -2.01. The Kier molecular flexibility index (Phi) is 17.5. The first kappa shape index (κ1) is 47.0. The van der Waals surface area contributed by atoms with Crippen molar-refractivity contribution in [2.45, 2.75) is 141 Å². The van der Waals surface area contributed by atoms with E-state index >= 15 is 0 Å². The number of nitrogens with zero attached hydrogens (tertiary/aromatic N) is 2. The highest BCUT2D eigenvalue weighted by molar-refractivity contribution is 7.10. The summed E-state index contributed by atoms with van der Waals surface area (Å²) in [5.74, 6) is -5.45. The van der Waals surface area contributed by atoms with Crippen molar-refractivity contribution in [1.82, 2.24) is 15.3 Å². The molecule has 19 heteroatoms. The Morgan fingerprint density at radius 3 is 2.25 bits per heavy atom. The van der Waals surface area contributed by atoms with E-state index in [4.69, 9.17) is 46.9 Å². The van der Waals surface area contributed by atoms with Gasteiger partial charge < -0.3 is 34.1 Å². The average molecular weight is 865 g/mol. The fourth-order valence-electron chi connectivity index (χ4n) is 5.67. The maximum absolute atomic E-state index is 13.6. The molecule has 0 fully saturated rings. The van der Waals surface area contributed by atoms with Crippen molar-refractivity contribution in [3.63, 3.8) is 0 Å². The van der Waals surface area contributed by atoms with Crippen molar-refractivity contribution in [1.29, 1.82) is 0 Å². The number of amides is 1. The Morgan fingerprint density at radius 2 is 1.66 bits per heavy atom. The SMILES string of the molecule is CCCC(=O)N[C@@H](CC(C)C)[C@@H](CC(=O)O[C@@H]1COC(=O)c2csc(n2)[C@H](C(C)(C)O)OC(=O)[C@@H](C)[C@@H](CCCC(C)(Cl)Cl)OC(=O)c2csc1n2)OC(C)=O. The van der Waals surface area contributed by atoms with Gasteiger partial charge >= 0.3 is 29.8 Å². The van der Waals surface area contributed by atoms with Gasteiger partial charge in [-0.2, -0.15) is 0 Å². The molecule has 4 bridgehead atoms. The van der Waals surface area contributed by atoms with Crippen LogP contribution in [0, 0.1) is 11.8 Å². The second-order valence-electron chi connectivity index (χ2n) is 14.8. The molecule has 0 radical (unpaired) electrons. The summed E-state index contributed by atoms with van der Waals surface area (Å²) in [4.78, 5) is 87.3. The molecule has 1 amide bonds. The molecule has 312 valence electrons. The molecule has 1 aliphatic heterocycles. The normalized spacial score (nSPS) is 20.9. The first-order valence-corrected chi connectivity index (χ1v) is 20.8. The molecule has 0 saturated carbocycles. The van der Waals surface area contributed by atoms with E-state index in [2.05, 4.69) is 15.3 Å². The lowest BCUT2D eigenvalue weighted by atomic mass is 9.96. The number of fused-ring (bicyclic) bond motifs is 4. The Morgan fingerprint density at radius 1 is 1.04 bits per heavy atom. The van der Waals surface area contributed by atoms with Crippen molar-refractivity contribution in [2.75, 3.05) is 6.61 Å². The van der Waals surface area contributed by atoms with E-state index < -0.39 is 89.2 Å². The van der Waals surface area contributed by atoms with Gasteiger partial charge in [0.05, 0.1) is 18.4 Å². The standard InChI is InChI=1S/C37H51Cl2N3O12S2/c1-9-11-28(44)40-22(14-19(2)3)26(51-21(5)43)15-29(45)52-27-16-50-34(47)23-17-56-32(42-23)30(36(6,7)49)54-33(46)20(4)25(12-10-13-37(8,38)39)53-35(48)24-18-55-31(27)41-24/h17-20,22,25-27,30,49H,9-16H2,1-8H3,(H,40,44)/t20-,22-,25+,26+,27+,30+/m0/s1. The molecule has 2 N–H and O–H groups in total. The van der Waals surface area contributed by atoms with Crippen LogP contribution in [-0.2, 0) is 42.9 Å². The topological polar surface area (TPSA) is 207 Å². The molecular formula is C37H51Cl2N3O12S2. The van der Waals surface area contributed by atoms with E-state index in [0.717, 1.165) is 22.7 Å². The molecule has 0 spiro atoms. The molecule has 1 aliphatic rings. The summed E-state index contributed by atoms with van der Waals surface area (Å²) >= 11 is 14.2. The zero-order valence-electron chi connectivity index (χ0n) is 32.8. The minimum Gasteiger partial charge on any atom is -0.460 e. The maximum atomic E-state index is 13.6. The van der Waals surface area contributed by atoms with Crippen LogP contribution in [0.2, 0.25) is 0 Å². The number of thiazole rings is 2. The number of alkyl halides is 2. The fourth-order valence-corrected chi connectivity index (χ4v) is 7.73. The number of aromatic nitrogens is 2. The van der Waals surface area contributed by atoms with Gasteiger partial charge in [-0.25, -0.2) is 19.6 Å². The first-order chi connectivity index (χ1) is 26.1. The molecule has 2 aromatic rings. The van der Waals surface area contributed by atoms with Crippen molar-refractivity contribution in [3.8, 4) is 0 Å². The van der Waals surface area contributed by atoms with Gasteiger partial charge in [0.25, 0.3) is 0 Å². The highest BCUT2D eigenvalue weighted by Gasteiger charge is 2.39. The van der Waals surface area contributed by atoms with Crippen LogP contribution in [0.1, 0.15) is 144 Å². The van der Waals surface area contributed by atoms with Crippen LogP contribution in [0.25, 0.3) is 0 Å². The van der Waals surface area contributed by atoms with Crippen LogP contribution in [0.3, 0.4) is 0 Å². The number of rotatable bonds is 15. The van der Waals surface area contributed by atoms with Crippen LogP contribution in [0.4, 0.5) is 0 Å². The summed E-state index contributed by atoms with van der Waals surface area (Å²) in [6, 6.07) is -0.717. The highest BCUT2D eigenvalue weighted by atomic mass is 35.5. The minimum absolute atomic E-state index is 0.0550. The number of hydrogen-bond acceptors (Lipinski definition) is 16.